The van der Waals surface area contributed by atoms with Gasteiger partial charge >= 0.3 is 0 Å². The predicted molar refractivity (Wildman–Crippen MR) is 282 cm³/mol. The van der Waals surface area contributed by atoms with Crippen LogP contribution in [-0.4, -0.2) is 13.7 Å². The van der Waals surface area contributed by atoms with Gasteiger partial charge in [-0.2, -0.15) is 10.5 Å². The first kappa shape index (κ1) is 19.1. The van der Waals surface area contributed by atoms with Crippen LogP contribution in [0.3, 0.4) is 0 Å². The molecule has 320 valence electrons. The van der Waals surface area contributed by atoms with Crippen molar-refractivity contribution in [1.29, 1.82) is 10.5 Å². The third-order valence-electron chi connectivity index (χ3n) is 12.6. The Morgan fingerprint density at radius 2 is 0.739 bits per heavy atom. The molecular formula is C64H39N5. The largest absolute Gasteiger partial charge is 0.309 e. The Kier molecular flexibility index (Phi) is 4.09. The first-order chi connectivity index (χ1) is 47.0. The molecule has 1 unspecified atom stereocenters. The summed E-state index contributed by atoms with van der Waals surface area (Å²) in [6.07, 6.45) is 0. The van der Waals surface area contributed by atoms with Crippen LogP contribution in [0, 0.1) is 29.6 Å². The number of nitriles is 2. The van der Waals surface area contributed by atoms with Crippen LogP contribution in [0.5, 0.6) is 0 Å². The molecule has 0 fully saturated rings. The first-order valence-corrected chi connectivity index (χ1v) is 20.9. The molecule has 0 spiro atoms. The average Bonchev–Trinajstić information content (AvgIpc) is 1.54. The Labute approximate surface area is 441 Å². The van der Waals surface area contributed by atoms with Gasteiger partial charge in [-0.1, -0.05) is 151 Å². The van der Waals surface area contributed by atoms with Gasteiger partial charge in [-0.3, -0.25) is 0 Å². The van der Waals surface area contributed by atoms with E-state index in [4.69, 9.17) is 19.2 Å². The molecule has 5 heteroatoms. The summed E-state index contributed by atoms with van der Waals surface area (Å²) >= 11 is 0. The maximum Gasteiger partial charge on any atom is 0.101 e. The van der Waals surface area contributed by atoms with Gasteiger partial charge in [0.05, 0.1) is 104 Å². The van der Waals surface area contributed by atoms with E-state index in [1.165, 1.54) is 6.92 Å². The fourth-order valence-electron chi connectivity index (χ4n) is 9.85. The molecule has 0 saturated heterocycles. The molecule has 0 aliphatic heterocycles. The number of para-hydroxylation sites is 6. The molecule has 0 N–H and O–H groups in total. The second kappa shape index (κ2) is 14.8. The van der Waals surface area contributed by atoms with Crippen LogP contribution in [-0.2, 0) is 0 Å². The molecular weight excluding hydrogens is 839 g/mol. The number of fused-ring (bicyclic) bond motifs is 12. The number of hydrogen-bond donors (Lipinski definition) is 0. The topological polar surface area (TPSA) is 62.4 Å². The third-order valence-corrected chi connectivity index (χ3v) is 12.6. The molecule has 0 amide bonds. The van der Waals surface area contributed by atoms with Crippen molar-refractivity contribution in [3.05, 3.63) is 245 Å². The van der Waals surface area contributed by atoms with Gasteiger partial charge in [0.1, 0.15) is 12.1 Å². The Balaban J connectivity index is 1.31. The summed E-state index contributed by atoms with van der Waals surface area (Å²) in [5, 5.41) is 20.8. The van der Waals surface area contributed by atoms with Crippen LogP contribution in [0.25, 0.3) is 105 Å². The zero-order chi connectivity index (χ0) is 72.9. The van der Waals surface area contributed by atoms with E-state index in [1.807, 2.05) is 6.07 Å². The van der Waals surface area contributed by atoms with Gasteiger partial charge in [0.15, 0.2) is 0 Å². The van der Waals surface area contributed by atoms with Gasteiger partial charge in [0.2, 0.25) is 0 Å². The molecule has 1 atom stereocenters. The van der Waals surface area contributed by atoms with Crippen molar-refractivity contribution in [2.45, 2.75) is 12.8 Å². The molecule has 14 rings (SSSR count). The maximum atomic E-state index is 11.9. The summed E-state index contributed by atoms with van der Waals surface area (Å²) in [5.74, 6) is -1.84. The van der Waals surface area contributed by atoms with Crippen LogP contribution < -0.4 is 0 Å². The summed E-state index contributed by atoms with van der Waals surface area (Å²) in [6, 6.07) is -17.8. The van der Waals surface area contributed by atoms with E-state index < -0.39 is 298 Å². The highest BCUT2D eigenvalue weighted by molar-refractivity contribution is 6.12. The maximum absolute atomic E-state index is 11.9. The number of hydrogen-bond acceptors (Lipinski definition) is 2. The number of benzene rings is 10. The van der Waals surface area contributed by atoms with Crippen molar-refractivity contribution in [3.8, 4) is 51.5 Å². The van der Waals surface area contributed by atoms with E-state index in [-0.39, 0.29) is 33.4 Å². The van der Waals surface area contributed by atoms with E-state index in [1.54, 1.807) is 0 Å². The summed E-state index contributed by atoms with van der Waals surface area (Å²) in [5.41, 5.74) is -8.86. The lowest BCUT2D eigenvalue weighted by molar-refractivity contribution is 0.992. The molecule has 13 aromatic rings. The molecule has 0 radical (unpaired) electrons. The van der Waals surface area contributed by atoms with E-state index in [9.17, 15) is 33.8 Å². The Morgan fingerprint density at radius 3 is 1.20 bits per heavy atom. The lowest BCUT2D eigenvalue weighted by Gasteiger charge is -2.25. The standard InChI is InChI=1S/C64H39N5/c1-39-17-16-26-49-42-18-2-3-25-50(42)64(63(39)49)53-35-60(67-54-27-10-4-19-43(54)44-20-5-11-28-55(44)67)40(37-65)33-51(53)52-34-41(38-66)61(68-56-29-12-6-21-45(56)46-22-7-13-30-57(46)68)36-62(52)69-58-31-14-8-23-47(58)48-24-9-15-32-59(48)69/h2-36,64H,1H3/i2D,3D,4D,5D,6D,7D,8D,9D,10D,11D,12D,13D,14D,15D,16D,17D,18D,19D,20D,21D,22D,23D,24D,25D,26D,27D,28D,29D,30D,31D,32D. The van der Waals surface area contributed by atoms with Gasteiger partial charge in [-0.15, -0.1) is 0 Å². The molecule has 1 aliphatic rings. The Morgan fingerprint density at radius 1 is 0.362 bits per heavy atom. The summed E-state index contributed by atoms with van der Waals surface area (Å²) in [4.78, 5) is 0. The fourth-order valence-corrected chi connectivity index (χ4v) is 9.85. The number of aromatic nitrogens is 3. The lowest BCUT2D eigenvalue weighted by atomic mass is 9.81. The van der Waals surface area contributed by atoms with Gasteiger partial charge < -0.3 is 13.7 Å². The molecule has 10 aromatic carbocycles. The van der Waals surface area contributed by atoms with Crippen molar-refractivity contribution in [1.82, 2.24) is 13.7 Å². The molecule has 0 saturated carbocycles. The van der Waals surface area contributed by atoms with Crippen LogP contribution in [0.1, 0.15) is 81.8 Å². The van der Waals surface area contributed by atoms with E-state index >= 15 is 0 Å². The van der Waals surface area contributed by atoms with Crippen LogP contribution in [0.2, 0.25) is 0 Å². The fraction of sp³-hybridized carbons (Fsp3) is 0.0312. The van der Waals surface area contributed by atoms with Gasteiger partial charge in [0.25, 0.3) is 0 Å². The highest BCUT2D eigenvalue weighted by Crippen LogP contribution is 2.53. The van der Waals surface area contributed by atoms with Crippen LogP contribution in [0.15, 0.2) is 212 Å². The first-order valence-electron chi connectivity index (χ1n) is 36.4. The van der Waals surface area contributed by atoms with Crippen LogP contribution >= 0.6 is 0 Å². The number of rotatable bonds is 5. The molecule has 69 heavy (non-hydrogen) atoms. The zero-order valence-corrected chi connectivity index (χ0v) is 35.1. The van der Waals surface area contributed by atoms with Crippen molar-refractivity contribution < 1.29 is 42.5 Å². The normalized spacial score (nSPS) is 19.4. The van der Waals surface area contributed by atoms with E-state index in [0.717, 1.165) is 38.0 Å². The predicted octanol–water partition coefficient (Wildman–Crippen LogP) is 15.9. The quantitative estimate of drug-likeness (QED) is 0.173. The molecule has 3 heterocycles. The van der Waals surface area contributed by atoms with Gasteiger partial charge in [-0.25, -0.2) is 0 Å². The second-order valence-corrected chi connectivity index (χ2v) is 15.9. The van der Waals surface area contributed by atoms with Crippen molar-refractivity contribution in [3.63, 3.8) is 0 Å². The van der Waals surface area contributed by atoms with Gasteiger partial charge in [-0.05, 0) is 106 Å². The Hall–Kier alpha value is -9.42. The van der Waals surface area contributed by atoms with E-state index in [0.29, 0.717) is 0 Å². The second-order valence-electron chi connectivity index (χ2n) is 15.9. The smallest absolute Gasteiger partial charge is 0.101 e. The summed E-state index contributed by atoms with van der Waals surface area (Å²) < 4.78 is 289. The monoisotopic (exact) mass is 909 g/mol. The van der Waals surface area contributed by atoms with Crippen molar-refractivity contribution in [2.75, 3.05) is 0 Å². The summed E-state index contributed by atoms with van der Waals surface area (Å²) in [7, 11) is 0. The number of nitrogens with zero attached hydrogens (tertiary/aromatic N) is 5. The molecule has 3 aromatic heterocycles. The van der Waals surface area contributed by atoms with Crippen LogP contribution in [0.4, 0.5) is 0 Å². The molecule has 5 nitrogen and oxygen atoms in total. The Bertz CT molecular complexity index is 5990. The average molecular weight is 909 g/mol. The van der Waals surface area contributed by atoms with Crippen molar-refractivity contribution in [2.24, 2.45) is 0 Å². The highest BCUT2D eigenvalue weighted by atomic mass is 15.0. The SMILES string of the molecule is [2H]c1c([2H])c([2H])c2c(c1[2H])-c1c([2H])c([2H])c([2H])c(C)c1C2c1cc(-n2c3c([2H])c([2H])c([2H])c([2H])c3c3c([2H])c([2H])c([2H])c([2H])c32)c(C#N)cc1-c1cc(C#N)c(-n2c3c([2H])c([2H])c([2H])c([2H])c3c3c([2H])c([2H])c([2H])c([2H])c32)cc1-n1c2c([2H])c([2H])c([2H])c([2H])c2c2c([2H])c([2H])c([2H])c([2H])c21. The minimum atomic E-state index is -1.84. The molecule has 1 aliphatic carbocycles. The third kappa shape index (κ3) is 5.45. The van der Waals surface area contributed by atoms with E-state index in [2.05, 4.69) is 6.07 Å². The van der Waals surface area contributed by atoms with Crippen molar-refractivity contribution >= 4 is 65.4 Å². The minimum absolute atomic E-state index is 0.130. The summed E-state index contributed by atoms with van der Waals surface area (Å²) in [6.45, 7) is 1.35. The minimum Gasteiger partial charge on any atom is -0.309 e. The highest BCUT2D eigenvalue weighted by Gasteiger charge is 2.35. The molecule has 0 bridgehead atoms. The van der Waals surface area contributed by atoms with Gasteiger partial charge in [0, 0.05) is 43.8 Å². The lowest BCUT2D eigenvalue weighted by Crippen LogP contribution is -2.09. The zero-order valence-electron chi connectivity index (χ0n) is 66.1.